The molecule has 1 aliphatic carbocycles. The molecule has 2 rings (SSSR count). The lowest BCUT2D eigenvalue weighted by Crippen LogP contribution is -2.15. The third-order valence-electron chi connectivity index (χ3n) is 1.97. The molecule has 1 aromatic rings. The topological polar surface area (TPSA) is 53.4 Å². The summed E-state index contributed by atoms with van der Waals surface area (Å²) in [5.41, 5.74) is 2.52. The first-order chi connectivity index (χ1) is 5.77. The zero-order chi connectivity index (χ0) is 8.55. The van der Waals surface area contributed by atoms with Gasteiger partial charge in [0.1, 0.15) is 0 Å². The van der Waals surface area contributed by atoms with Gasteiger partial charge in [0.2, 0.25) is 0 Å². The van der Waals surface area contributed by atoms with Gasteiger partial charge in [0.25, 0.3) is 0 Å². The number of fused-ring (bicyclic) bond motifs is 1. The molecule has 60 valence electrons. The summed E-state index contributed by atoms with van der Waals surface area (Å²) < 4.78 is 0. The van der Waals surface area contributed by atoms with Crippen LogP contribution in [0.3, 0.4) is 0 Å². The lowest BCUT2D eigenvalue weighted by Gasteiger charge is -1.96. The van der Waals surface area contributed by atoms with Crippen molar-refractivity contribution in [2.24, 2.45) is 0 Å². The molecule has 2 N–H and O–H groups in total. The molecule has 0 radical (unpaired) electrons. The van der Waals surface area contributed by atoms with Crippen LogP contribution in [0.2, 0.25) is 0 Å². The lowest BCUT2D eigenvalue weighted by molar-refractivity contribution is 0.418. The van der Waals surface area contributed by atoms with Crippen molar-refractivity contribution in [2.75, 3.05) is 0 Å². The highest BCUT2D eigenvalue weighted by atomic mass is 16.4. The van der Waals surface area contributed by atoms with E-state index in [0.717, 1.165) is 11.3 Å². The van der Waals surface area contributed by atoms with E-state index in [0.29, 0.717) is 11.9 Å². The largest absolute Gasteiger partial charge is 0.484 e. The second-order valence-corrected chi connectivity index (χ2v) is 2.81. The quantitative estimate of drug-likeness (QED) is 0.571. The summed E-state index contributed by atoms with van der Waals surface area (Å²) >= 11 is 0. The van der Waals surface area contributed by atoms with Gasteiger partial charge in [-0.25, -0.2) is 0 Å². The van der Waals surface area contributed by atoms with Gasteiger partial charge in [-0.15, -0.1) is 0 Å². The van der Waals surface area contributed by atoms with Crippen molar-refractivity contribution in [3.05, 3.63) is 35.1 Å². The van der Waals surface area contributed by atoms with Crippen molar-refractivity contribution in [1.82, 2.24) is 4.98 Å². The molecule has 0 aliphatic heterocycles. The predicted octanol–water partition coefficient (Wildman–Crippen LogP) is 0.0331. The Morgan fingerprint density at radius 2 is 2.25 bits per heavy atom. The summed E-state index contributed by atoms with van der Waals surface area (Å²) in [4.78, 5) is 4.12. The molecule has 0 spiro atoms. The molecule has 1 aromatic heterocycles. The van der Waals surface area contributed by atoms with E-state index in [2.05, 4.69) is 4.98 Å². The van der Waals surface area contributed by atoms with Crippen LogP contribution in [0.15, 0.2) is 23.8 Å². The van der Waals surface area contributed by atoms with E-state index in [9.17, 15) is 0 Å². The summed E-state index contributed by atoms with van der Waals surface area (Å²) in [6.45, 7) is 0. The molecule has 3 nitrogen and oxygen atoms in total. The van der Waals surface area contributed by atoms with Crippen LogP contribution in [0.1, 0.15) is 11.3 Å². The van der Waals surface area contributed by atoms with Crippen molar-refractivity contribution in [3.63, 3.8) is 0 Å². The predicted molar refractivity (Wildman–Crippen MR) is 46.1 cm³/mol. The monoisotopic (exact) mass is 161 g/mol. The third-order valence-corrected chi connectivity index (χ3v) is 1.97. The van der Waals surface area contributed by atoms with Gasteiger partial charge < -0.3 is 10.0 Å². The van der Waals surface area contributed by atoms with E-state index in [1.807, 2.05) is 12.1 Å². The molecular weight excluding hydrogens is 153 g/mol. The first-order valence-corrected chi connectivity index (χ1v) is 3.78. The summed E-state index contributed by atoms with van der Waals surface area (Å²) in [6, 6.07) is 3.75. The Balaban J connectivity index is 2.35. The van der Waals surface area contributed by atoms with E-state index in [-0.39, 0.29) is 0 Å². The van der Waals surface area contributed by atoms with E-state index in [1.165, 1.54) is 0 Å². The lowest BCUT2D eigenvalue weighted by atomic mass is 9.79. The number of aromatic nitrogens is 1. The SMILES string of the molecule is OB(O)C1=Cc2cccnc2C1. The van der Waals surface area contributed by atoms with Gasteiger partial charge in [-0.05, 0) is 17.1 Å². The van der Waals surface area contributed by atoms with E-state index < -0.39 is 7.12 Å². The maximum Gasteiger partial charge on any atom is 0.484 e. The van der Waals surface area contributed by atoms with Crippen LogP contribution in [0.4, 0.5) is 0 Å². The normalized spacial score (nSPS) is 14.0. The number of nitrogens with zero attached hydrogens (tertiary/aromatic N) is 1. The van der Waals surface area contributed by atoms with Gasteiger partial charge in [-0.2, -0.15) is 0 Å². The standard InChI is InChI=1S/C8H8BNO2/c11-9(12)7-4-6-2-1-3-10-8(6)5-7/h1-4,11-12H,5H2. The summed E-state index contributed by atoms with van der Waals surface area (Å²) in [6.07, 6.45) is 4.03. The van der Waals surface area contributed by atoms with Crippen LogP contribution in [0, 0.1) is 0 Å². The van der Waals surface area contributed by atoms with Crippen LogP contribution >= 0.6 is 0 Å². The van der Waals surface area contributed by atoms with Crippen LogP contribution in [0.25, 0.3) is 6.08 Å². The highest BCUT2D eigenvalue weighted by molar-refractivity contribution is 6.52. The number of allylic oxidation sites excluding steroid dienone is 1. The highest BCUT2D eigenvalue weighted by Crippen LogP contribution is 2.22. The van der Waals surface area contributed by atoms with Gasteiger partial charge >= 0.3 is 7.12 Å². The molecule has 0 fully saturated rings. The van der Waals surface area contributed by atoms with Crippen molar-refractivity contribution < 1.29 is 10.0 Å². The van der Waals surface area contributed by atoms with Gasteiger partial charge in [0.05, 0.1) is 5.69 Å². The minimum atomic E-state index is -1.35. The van der Waals surface area contributed by atoms with Crippen LogP contribution in [0.5, 0.6) is 0 Å². The molecule has 1 aliphatic rings. The third kappa shape index (κ3) is 1.15. The molecule has 0 aromatic carbocycles. The fourth-order valence-electron chi connectivity index (χ4n) is 1.34. The molecule has 0 unspecified atom stereocenters. The van der Waals surface area contributed by atoms with Gasteiger partial charge in [0, 0.05) is 12.6 Å². The minimum absolute atomic E-state index is 0.549. The maximum atomic E-state index is 8.88. The van der Waals surface area contributed by atoms with Crippen molar-refractivity contribution in [3.8, 4) is 0 Å². The Labute approximate surface area is 70.5 Å². The zero-order valence-electron chi connectivity index (χ0n) is 6.44. The molecule has 0 saturated heterocycles. The van der Waals surface area contributed by atoms with Gasteiger partial charge in [-0.1, -0.05) is 12.1 Å². The molecule has 0 saturated carbocycles. The number of hydrogen-bond acceptors (Lipinski definition) is 3. The van der Waals surface area contributed by atoms with Gasteiger partial charge in [0.15, 0.2) is 0 Å². The zero-order valence-corrected chi connectivity index (χ0v) is 6.44. The molecular formula is C8H8BNO2. The number of pyridine rings is 1. The van der Waals surface area contributed by atoms with E-state index in [1.54, 1.807) is 12.3 Å². The summed E-state index contributed by atoms with van der Waals surface area (Å²) in [5, 5.41) is 17.8. The molecule has 4 heteroatoms. The van der Waals surface area contributed by atoms with Crippen LogP contribution < -0.4 is 0 Å². The maximum absolute atomic E-state index is 8.88. The number of hydrogen-bond donors (Lipinski definition) is 2. The Kier molecular flexibility index (Phi) is 1.71. The van der Waals surface area contributed by atoms with Crippen molar-refractivity contribution >= 4 is 13.2 Å². The first-order valence-electron chi connectivity index (χ1n) is 3.78. The van der Waals surface area contributed by atoms with Crippen molar-refractivity contribution in [2.45, 2.75) is 6.42 Å². The molecule has 0 bridgehead atoms. The molecule has 0 atom stereocenters. The van der Waals surface area contributed by atoms with Crippen LogP contribution in [-0.2, 0) is 6.42 Å². The van der Waals surface area contributed by atoms with E-state index in [4.69, 9.17) is 10.0 Å². The Bertz CT molecular complexity index is 336. The molecule has 12 heavy (non-hydrogen) atoms. The second-order valence-electron chi connectivity index (χ2n) is 2.81. The van der Waals surface area contributed by atoms with E-state index >= 15 is 0 Å². The molecule has 0 amide bonds. The highest BCUT2D eigenvalue weighted by Gasteiger charge is 2.21. The fourth-order valence-corrected chi connectivity index (χ4v) is 1.34. The first kappa shape index (κ1) is 7.52. The Morgan fingerprint density at radius 3 is 2.92 bits per heavy atom. The van der Waals surface area contributed by atoms with Gasteiger partial charge in [-0.3, -0.25) is 4.98 Å². The average Bonchev–Trinajstić information content (AvgIpc) is 2.46. The fraction of sp³-hybridized carbons (Fsp3) is 0.125. The summed E-state index contributed by atoms with van der Waals surface area (Å²) in [7, 11) is -1.35. The second kappa shape index (κ2) is 2.73. The van der Waals surface area contributed by atoms with Crippen LogP contribution in [-0.4, -0.2) is 22.2 Å². The minimum Gasteiger partial charge on any atom is -0.423 e. The van der Waals surface area contributed by atoms with Crippen molar-refractivity contribution in [1.29, 1.82) is 0 Å². The summed E-state index contributed by atoms with van der Waals surface area (Å²) in [5.74, 6) is 0. The Hall–Kier alpha value is -1.13. The molecule has 1 heterocycles. The Morgan fingerprint density at radius 1 is 1.42 bits per heavy atom. The average molecular weight is 161 g/mol. The smallest absolute Gasteiger partial charge is 0.423 e. The number of rotatable bonds is 1.